The van der Waals surface area contributed by atoms with Crippen molar-refractivity contribution in [2.75, 3.05) is 13.1 Å². The summed E-state index contributed by atoms with van der Waals surface area (Å²) < 4.78 is 19.8. The maximum Gasteiger partial charge on any atom is 0.244 e. The fourth-order valence-corrected chi connectivity index (χ4v) is 2.52. The Balaban J connectivity index is 1.50. The number of hydrogen-bond acceptors (Lipinski definition) is 5. The van der Waals surface area contributed by atoms with Crippen molar-refractivity contribution in [3.8, 4) is 5.75 Å². The van der Waals surface area contributed by atoms with E-state index in [4.69, 9.17) is 4.74 Å². The van der Waals surface area contributed by atoms with Gasteiger partial charge in [0.05, 0.1) is 12.3 Å². The van der Waals surface area contributed by atoms with E-state index in [2.05, 4.69) is 10.3 Å². The zero-order valence-corrected chi connectivity index (χ0v) is 13.1. The summed E-state index contributed by atoms with van der Waals surface area (Å²) in [6.07, 6.45) is 2.57. The summed E-state index contributed by atoms with van der Waals surface area (Å²) >= 11 is 0. The van der Waals surface area contributed by atoms with Crippen LogP contribution in [0.1, 0.15) is 18.5 Å². The highest BCUT2D eigenvalue weighted by molar-refractivity contribution is 5.75. The number of carbonyl (C=O) groups is 1. The molecule has 1 N–H and O–H groups in total. The van der Waals surface area contributed by atoms with E-state index in [0.29, 0.717) is 37.4 Å². The van der Waals surface area contributed by atoms with Crippen molar-refractivity contribution in [3.05, 3.63) is 42.0 Å². The lowest BCUT2D eigenvalue weighted by Gasteiger charge is -2.29. The highest BCUT2D eigenvalue weighted by atomic mass is 19.1. The van der Waals surface area contributed by atoms with Gasteiger partial charge in [-0.1, -0.05) is 5.21 Å². The molecule has 0 atom stereocenters. The topological polar surface area (TPSA) is 80.5 Å². The predicted molar refractivity (Wildman–Crippen MR) is 82.6 cm³/mol. The number of nitrogens with zero attached hydrogens (tertiary/aromatic N) is 4. The molecule has 1 saturated heterocycles. The molecule has 1 aromatic heterocycles. The zero-order chi connectivity index (χ0) is 16.9. The van der Waals surface area contributed by atoms with Crippen LogP contribution in [0.4, 0.5) is 4.39 Å². The Morgan fingerprint density at radius 1 is 1.29 bits per heavy atom. The summed E-state index contributed by atoms with van der Waals surface area (Å²) in [6.45, 7) is 1.43. The average Bonchev–Trinajstić information content (AvgIpc) is 3.02. The van der Waals surface area contributed by atoms with Gasteiger partial charge in [0.15, 0.2) is 0 Å². The maximum atomic E-state index is 12.8. The lowest BCUT2D eigenvalue weighted by Crippen LogP contribution is -2.41. The van der Waals surface area contributed by atoms with Gasteiger partial charge < -0.3 is 14.7 Å². The number of likely N-dealkylation sites (tertiary alicyclic amines) is 1. The van der Waals surface area contributed by atoms with Gasteiger partial charge in [-0.05, 0) is 37.1 Å². The van der Waals surface area contributed by atoms with Crippen LogP contribution in [0.15, 0.2) is 30.5 Å². The third kappa shape index (κ3) is 4.29. The number of rotatable bonds is 5. The third-order valence-electron chi connectivity index (χ3n) is 3.90. The summed E-state index contributed by atoms with van der Waals surface area (Å²) in [6, 6.07) is 5.71. The number of aromatic nitrogens is 3. The molecule has 0 aliphatic carbocycles. The first kappa shape index (κ1) is 16.4. The molecule has 0 unspecified atom stereocenters. The van der Waals surface area contributed by atoms with Crippen LogP contribution in [0.25, 0.3) is 0 Å². The fraction of sp³-hybridized carbons (Fsp3) is 0.438. The van der Waals surface area contributed by atoms with E-state index < -0.39 is 0 Å². The number of piperidine rings is 1. The monoisotopic (exact) mass is 334 g/mol. The number of aliphatic hydroxyl groups excluding tert-OH is 1. The molecule has 1 aromatic carbocycles. The van der Waals surface area contributed by atoms with E-state index in [-0.39, 0.29) is 31.0 Å². The van der Waals surface area contributed by atoms with Gasteiger partial charge >= 0.3 is 0 Å². The molecule has 8 heteroatoms. The number of aliphatic hydroxyl groups is 1. The SMILES string of the molecule is O=C(Cn1cc(COc2ccc(F)cc2)nn1)N1CCC(O)CC1. The second-order valence-corrected chi connectivity index (χ2v) is 5.76. The van der Waals surface area contributed by atoms with Crippen LogP contribution in [0, 0.1) is 5.82 Å². The number of ether oxygens (including phenoxy) is 1. The number of halogens is 1. The van der Waals surface area contributed by atoms with Crippen LogP contribution in [0.5, 0.6) is 5.75 Å². The van der Waals surface area contributed by atoms with E-state index in [1.165, 1.54) is 28.9 Å². The first-order valence-electron chi connectivity index (χ1n) is 7.83. The van der Waals surface area contributed by atoms with Crippen molar-refractivity contribution in [1.82, 2.24) is 19.9 Å². The van der Waals surface area contributed by atoms with Crippen LogP contribution in [-0.4, -0.2) is 50.1 Å². The van der Waals surface area contributed by atoms with Gasteiger partial charge in [0, 0.05) is 13.1 Å². The minimum absolute atomic E-state index is 0.0437. The molecule has 0 spiro atoms. The molecule has 7 nitrogen and oxygen atoms in total. The zero-order valence-electron chi connectivity index (χ0n) is 13.1. The lowest BCUT2D eigenvalue weighted by atomic mass is 10.1. The number of benzene rings is 1. The van der Waals surface area contributed by atoms with Crippen LogP contribution in [0.2, 0.25) is 0 Å². The van der Waals surface area contributed by atoms with Gasteiger partial charge in [-0.15, -0.1) is 5.10 Å². The molecule has 3 rings (SSSR count). The van der Waals surface area contributed by atoms with Crippen molar-refractivity contribution in [2.45, 2.75) is 32.1 Å². The first-order valence-corrected chi connectivity index (χ1v) is 7.83. The number of hydrogen-bond donors (Lipinski definition) is 1. The van der Waals surface area contributed by atoms with Crippen molar-refractivity contribution in [3.63, 3.8) is 0 Å². The van der Waals surface area contributed by atoms with Gasteiger partial charge in [-0.25, -0.2) is 9.07 Å². The molecular weight excluding hydrogens is 315 g/mol. The van der Waals surface area contributed by atoms with Gasteiger partial charge in [-0.2, -0.15) is 0 Å². The molecule has 24 heavy (non-hydrogen) atoms. The highest BCUT2D eigenvalue weighted by Crippen LogP contribution is 2.13. The van der Waals surface area contributed by atoms with Crippen LogP contribution < -0.4 is 4.74 Å². The normalized spacial score (nSPS) is 15.5. The van der Waals surface area contributed by atoms with E-state index in [0.717, 1.165) is 0 Å². The third-order valence-corrected chi connectivity index (χ3v) is 3.90. The van der Waals surface area contributed by atoms with Gasteiger partial charge in [0.2, 0.25) is 5.91 Å². The van der Waals surface area contributed by atoms with Crippen LogP contribution >= 0.6 is 0 Å². The van der Waals surface area contributed by atoms with E-state index in [1.807, 2.05) is 0 Å². The van der Waals surface area contributed by atoms with Gasteiger partial charge in [0.1, 0.15) is 30.4 Å². The Morgan fingerprint density at radius 2 is 2.00 bits per heavy atom. The number of amides is 1. The molecule has 2 heterocycles. The molecule has 1 amide bonds. The average molecular weight is 334 g/mol. The molecule has 0 bridgehead atoms. The molecule has 2 aromatic rings. The van der Waals surface area contributed by atoms with Crippen molar-refractivity contribution in [1.29, 1.82) is 0 Å². The second-order valence-electron chi connectivity index (χ2n) is 5.76. The first-order chi connectivity index (χ1) is 11.6. The minimum Gasteiger partial charge on any atom is -0.487 e. The van der Waals surface area contributed by atoms with Crippen molar-refractivity contribution < 1.29 is 19.0 Å². The molecule has 1 fully saturated rings. The van der Waals surface area contributed by atoms with Crippen LogP contribution in [-0.2, 0) is 17.9 Å². The van der Waals surface area contributed by atoms with E-state index in [1.54, 1.807) is 11.1 Å². The minimum atomic E-state index is -0.322. The summed E-state index contributed by atoms with van der Waals surface area (Å²) in [4.78, 5) is 13.9. The fourth-order valence-electron chi connectivity index (χ4n) is 2.52. The van der Waals surface area contributed by atoms with E-state index in [9.17, 15) is 14.3 Å². The quantitative estimate of drug-likeness (QED) is 0.882. The molecule has 1 aliphatic rings. The Kier molecular flexibility index (Phi) is 5.05. The van der Waals surface area contributed by atoms with Crippen molar-refractivity contribution in [2.24, 2.45) is 0 Å². The molecule has 128 valence electrons. The summed E-state index contributed by atoms with van der Waals surface area (Å²) in [7, 11) is 0. The summed E-state index contributed by atoms with van der Waals surface area (Å²) in [5, 5.41) is 17.4. The van der Waals surface area contributed by atoms with Gasteiger partial charge in [-0.3, -0.25) is 4.79 Å². The predicted octanol–water partition coefficient (Wildman–Crippen LogP) is 0.980. The smallest absolute Gasteiger partial charge is 0.244 e. The largest absolute Gasteiger partial charge is 0.487 e. The molecule has 0 radical (unpaired) electrons. The Labute approximate surface area is 138 Å². The van der Waals surface area contributed by atoms with Gasteiger partial charge in [0.25, 0.3) is 0 Å². The molecule has 0 saturated carbocycles. The Bertz CT molecular complexity index is 681. The molecule has 1 aliphatic heterocycles. The maximum absolute atomic E-state index is 12.8. The second kappa shape index (κ2) is 7.39. The van der Waals surface area contributed by atoms with Crippen LogP contribution in [0.3, 0.4) is 0 Å². The lowest BCUT2D eigenvalue weighted by molar-refractivity contribution is -0.134. The van der Waals surface area contributed by atoms with Crippen molar-refractivity contribution >= 4 is 5.91 Å². The summed E-state index contributed by atoms with van der Waals surface area (Å²) in [5.74, 6) is 0.170. The highest BCUT2D eigenvalue weighted by Gasteiger charge is 2.21. The number of carbonyl (C=O) groups excluding carboxylic acids is 1. The standard InChI is InChI=1S/C16H19FN4O3/c17-12-1-3-15(4-2-12)24-11-13-9-21(19-18-13)10-16(23)20-7-5-14(22)6-8-20/h1-4,9,14,22H,5-8,10-11H2. The Morgan fingerprint density at radius 3 is 2.71 bits per heavy atom. The summed E-state index contributed by atoms with van der Waals surface area (Å²) in [5.41, 5.74) is 0.584. The molecular formula is C16H19FN4O3. The van der Waals surface area contributed by atoms with E-state index >= 15 is 0 Å². The Hall–Kier alpha value is -2.48.